The highest BCUT2D eigenvalue weighted by Gasteiger charge is 2.25. The Kier molecular flexibility index (Phi) is 3.16. The highest BCUT2D eigenvalue weighted by atomic mass is 32.1. The monoisotopic (exact) mass is 250 g/mol. The Bertz CT molecular complexity index is 411. The van der Waals surface area contributed by atoms with Crippen LogP contribution in [0.15, 0.2) is 11.4 Å². The predicted octanol–water partition coefficient (Wildman–Crippen LogP) is 1.85. The first-order chi connectivity index (χ1) is 8.33. The van der Waals surface area contributed by atoms with Crippen LogP contribution in [0.25, 0.3) is 0 Å². The van der Waals surface area contributed by atoms with Crippen LogP contribution in [-0.4, -0.2) is 19.0 Å². The van der Waals surface area contributed by atoms with Gasteiger partial charge in [-0.05, 0) is 55.3 Å². The SMILES string of the molecule is O=C(CC1CNC1)NC1CCCc2sccc21. The molecule has 0 aromatic carbocycles. The van der Waals surface area contributed by atoms with Gasteiger partial charge in [0.15, 0.2) is 0 Å². The summed E-state index contributed by atoms with van der Waals surface area (Å²) in [6.07, 6.45) is 4.16. The maximum Gasteiger partial charge on any atom is 0.220 e. The highest BCUT2D eigenvalue weighted by molar-refractivity contribution is 7.10. The van der Waals surface area contributed by atoms with Gasteiger partial charge in [-0.2, -0.15) is 0 Å². The van der Waals surface area contributed by atoms with Crippen molar-refractivity contribution in [2.24, 2.45) is 5.92 Å². The number of thiophene rings is 1. The van der Waals surface area contributed by atoms with Crippen molar-refractivity contribution >= 4 is 17.2 Å². The molecule has 1 atom stereocenters. The normalized spacial score (nSPS) is 23.9. The average Bonchev–Trinajstić information content (AvgIpc) is 2.73. The molecule has 1 amide bonds. The van der Waals surface area contributed by atoms with Crippen molar-refractivity contribution in [3.05, 3.63) is 21.9 Å². The van der Waals surface area contributed by atoms with E-state index in [-0.39, 0.29) is 11.9 Å². The Labute approximate surface area is 106 Å². The summed E-state index contributed by atoms with van der Waals surface area (Å²) >= 11 is 1.82. The van der Waals surface area contributed by atoms with Crippen LogP contribution < -0.4 is 10.6 Å². The fourth-order valence-corrected chi connectivity index (χ4v) is 3.63. The number of nitrogens with one attached hydrogen (secondary N) is 2. The van der Waals surface area contributed by atoms with Gasteiger partial charge in [0.05, 0.1) is 6.04 Å². The van der Waals surface area contributed by atoms with E-state index in [0.29, 0.717) is 12.3 Å². The van der Waals surface area contributed by atoms with E-state index < -0.39 is 0 Å². The maximum atomic E-state index is 11.9. The lowest BCUT2D eigenvalue weighted by Crippen LogP contribution is -2.45. The number of rotatable bonds is 3. The second-order valence-corrected chi connectivity index (χ2v) is 6.04. The van der Waals surface area contributed by atoms with Gasteiger partial charge < -0.3 is 10.6 Å². The van der Waals surface area contributed by atoms with E-state index in [1.54, 1.807) is 0 Å². The topological polar surface area (TPSA) is 41.1 Å². The third kappa shape index (κ3) is 2.38. The lowest BCUT2D eigenvalue weighted by Gasteiger charge is -2.28. The molecule has 1 aromatic rings. The molecule has 17 heavy (non-hydrogen) atoms. The van der Waals surface area contributed by atoms with Gasteiger partial charge in [-0.25, -0.2) is 0 Å². The zero-order chi connectivity index (χ0) is 11.7. The van der Waals surface area contributed by atoms with Crippen LogP contribution >= 0.6 is 11.3 Å². The van der Waals surface area contributed by atoms with Gasteiger partial charge in [-0.1, -0.05) is 0 Å². The third-order valence-corrected chi connectivity index (χ3v) is 4.72. The van der Waals surface area contributed by atoms with Gasteiger partial charge in [0.2, 0.25) is 5.91 Å². The minimum absolute atomic E-state index is 0.223. The summed E-state index contributed by atoms with van der Waals surface area (Å²) in [6, 6.07) is 2.44. The molecule has 2 heterocycles. The minimum Gasteiger partial charge on any atom is -0.349 e. The van der Waals surface area contributed by atoms with Gasteiger partial charge in [-0.15, -0.1) is 11.3 Å². The summed E-state index contributed by atoms with van der Waals surface area (Å²) in [4.78, 5) is 13.4. The largest absolute Gasteiger partial charge is 0.349 e. The average molecular weight is 250 g/mol. The molecule has 0 radical (unpaired) electrons. The first-order valence-corrected chi connectivity index (χ1v) is 7.27. The summed E-state index contributed by atoms with van der Waals surface area (Å²) < 4.78 is 0. The van der Waals surface area contributed by atoms with E-state index in [2.05, 4.69) is 22.1 Å². The molecule has 0 saturated carbocycles. The lowest BCUT2D eigenvalue weighted by molar-refractivity contribution is -0.123. The van der Waals surface area contributed by atoms with Crippen molar-refractivity contribution in [3.8, 4) is 0 Å². The molecule has 1 aliphatic carbocycles. The third-order valence-electron chi connectivity index (χ3n) is 3.73. The quantitative estimate of drug-likeness (QED) is 0.859. The Morgan fingerprint density at radius 1 is 1.53 bits per heavy atom. The van der Waals surface area contributed by atoms with E-state index in [4.69, 9.17) is 0 Å². The molecular formula is C13H18N2OS. The fraction of sp³-hybridized carbons (Fsp3) is 0.615. The summed E-state index contributed by atoms with van der Waals surface area (Å²) in [5, 5.41) is 8.55. The molecule has 3 rings (SSSR count). The molecule has 2 aliphatic rings. The molecule has 1 unspecified atom stereocenters. The Morgan fingerprint density at radius 2 is 2.41 bits per heavy atom. The van der Waals surface area contributed by atoms with Gasteiger partial charge >= 0.3 is 0 Å². The molecule has 1 aromatic heterocycles. The van der Waals surface area contributed by atoms with E-state index in [0.717, 1.165) is 19.5 Å². The number of carbonyl (C=O) groups excluding carboxylic acids is 1. The van der Waals surface area contributed by atoms with Crippen LogP contribution in [-0.2, 0) is 11.2 Å². The van der Waals surface area contributed by atoms with Gasteiger partial charge in [0, 0.05) is 11.3 Å². The Morgan fingerprint density at radius 3 is 3.18 bits per heavy atom. The van der Waals surface area contributed by atoms with Crippen LogP contribution in [0.3, 0.4) is 0 Å². The van der Waals surface area contributed by atoms with E-state index >= 15 is 0 Å². The summed E-state index contributed by atoms with van der Waals surface area (Å²) in [7, 11) is 0. The Balaban J connectivity index is 1.60. The summed E-state index contributed by atoms with van der Waals surface area (Å²) in [5.41, 5.74) is 1.36. The van der Waals surface area contributed by atoms with E-state index in [1.165, 1.54) is 23.3 Å². The van der Waals surface area contributed by atoms with E-state index in [9.17, 15) is 4.79 Å². The number of hydrogen-bond acceptors (Lipinski definition) is 3. The van der Waals surface area contributed by atoms with Gasteiger partial charge in [-0.3, -0.25) is 4.79 Å². The van der Waals surface area contributed by atoms with Crippen molar-refractivity contribution in [2.45, 2.75) is 31.7 Å². The Hall–Kier alpha value is -0.870. The molecule has 1 aliphatic heterocycles. The van der Waals surface area contributed by atoms with Crippen LogP contribution in [0.1, 0.15) is 35.7 Å². The van der Waals surface area contributed by atoms with Crippen LogP contribution in [0.2, 0.25) is 0 Å². The van der Waals surface area contributed by atoms with Crippen molar-refractivity contribution < 1.29 is 4.79 Å². The van der Waals surface area contributed by atoms with Gasteiger partial charge in [0.25, 0.3) is 0 Å². The summed E-state index contributed by atoms with van der Waals surface area (Å²) in [5.74, 6) is 0.779. The first-order valence-electron chi connectivity index (χ1n) is 6.39. The second kappa shape index (κ2) is 4.78. The van der Waals surface area contributed by atoms with Gasteiger partial charge in [0.1, 0.15) is 0 Å². The molecule has 3 nitrogen and oxygen atoms in total. The fourth-order valence-electron chi connectivity index (χ4n) is 2.64. The first kappa shape index (κ1) is 11.2. The van der Waals surface area contributed by atoms with Crippen molar-refractivity contribution in [1.29, 1.82) is 0 Å². The summed E-state index contributed by atoms with van der Waals surface area (Å²) in [6.45, 7) is 2.00. The molecule has 4 heteroatoms. The molecule has 0 spiro atoms. The van der Waals surface area contributed by atoms with E-state index in [1.807, 2.05) is 11.3 Å². The zero-order valence-electron chi connectivity index (χ0n) is 9.87. The molecule has 0 bridgehead atoms. The standard InChI is InChI=1S/C13H18N2OS/c16-13(6-9-7-14-8-9)15-11-2-1-3-12-10(11)4-5-17-12/h4-5,9,11,14H,1-3,6-8H2,(H,15,16). The number of amides is 1. The highest BCUT2D eigenvalue weighted by Crippen LogP contribution is 2.33. The van der Waals surface area contributed by atoms with Crippen molar-refractivity contribution in [3.63, 3.8) is 0 Å². The maximum absolute atomic E-state index is 11.9. The minimum atomic E-state index is 0.223. The predicted molar refractivity (Wildman–Crippen MR) is 69.1 cm³/mol. The molecule has 1 fully saturated rings. The number of carbonyl (C=O) groups is 1. The van der Waals surface area contributed by atoms with Crippen LogP contribution in [0.5, 0.6) is 0 Å². The molecule has 92 valence electrons. The molecule has 2 N–H and O–H groups in total. The number of fused-ring (bicyclic) bond motifs is 1. The second-order valence-electron chi connectivity index (χ2n) is 5.04. The number of hydrogen-bond donors (Lipinski definition) is 2. The smallest absolute Gasteiger partial charge is 0.220 e. The molecule has 1 saturated heterocycles. The lowest BCUT2D eigenvalue weighted by atomic mass is 9.93. The van der Waals surface area contributed by atoms with Crippen molar-refractivity contribution in [2.75, 3.05) is 13.1 Å². The number of aryl methyl sites for hydroxylation is 1. The zero-order valence-corrected chi connectivity index (χ0v) is 10.7. The van der Waals surface area contributed by atoms with Crippen LogP contribution in [0.4, 0.5) is 0 Å². The molecular weight excluding hydrogens is 232 g/mol. The van der Waals surface area contributed by atoms with Crippen LogP contribution in [0, 0.1) is 5.92 Å². The van der Waals surface area contributed by atoms with Crippen molar-refractivity contribution in [1.82, 2.24) is 10.6 Å².